The number of amides is 1. The minimum atomic E-state index is 0.107. The van der Waals surface area contributed by atoms with Crippen molar-refractivity contribution in [3.8, 4) is 5.75 Å². The van der Waals surface area contributed by atoms with Crippen LogP contribution in [0.5, 0.6) is 5.75 Å². The lowest BCUT2D eigenvalue weighted by Gasteiger charge is -2.34. The van der Waals surface area contributed by atoms with Gasteiger partial charge in [0.1, 0.15) is 5.75 Å². The van der Waals surface area contributed by atoms with Gasteiger partial charge in [-0.3, -0.25) is 14.5 Å². The Morgan fingerprint density at radius 1 is 1.09 bits per heavy atom. The Morgan fingerprint density at radius 3 is 2.27 bits per heavy atom. The molecule has 1 aliphatic heterocycles. The summed E-state index contributed by atoms with van der Waals surface area (Å²) in [5, 5.41) is 0. The molecule has 0 unspecified atom stereocenters. The second-order valence-corrected chi connectivity index (χ2v) is 5.56. The van der Waals surface area contributed by atoms with Gasteiger partial charge in [0.15, 0.2) is 5.78 Å². The fraction of sp³-hybridized carbons (Fsp3) is 0.529. The van der Waals surface area contributed by atoms with E-state index in [1.807, 2.05) is 11.8 Å². The highest BCUT2D eigenvalue weighted by Crippen LogP contribution is 2.13. The van der Waals surface area contributed by atoms with Gasteiger partial charge in [-0.1, -0.05) is 6.92 Å². The van der Waals surface area contributed by atoms with Gasteiger partial charge in [-0.15, -0.1) is 0 Å². The molecule has 2 rings (SSSR count). The maximum absolute atomic E-state index is 12.3. The Morgan fingerprint density at radius 2 is 1.73 bits per heavy atom. The molecule has 0 N–H and O–H groups in total. The number of nitrogens with zero attached hydrogens (tertiary/aromatic N) is 2. The molecule has 0 radical (unpaired) electrons. The van der Waals surface area contributed by atoms with E-state index in [1.54, 1.807) is 31.4 Å². The average molecular weight is 304 g/mol. The van der Waals surface area contributed by atoms with E-state index >= 15 is 0 Å². The van der Waals surface area contributed by atoms with Gasteiger partial charge in [0, 0.05) is 38.2 Å². The lowest BCUT2D eigenvalue weighted by molar-refractivity contribution is -0.132. The molecule has 1 heterocycles. The molecule has 0 aromatic heterocycles. The SMILES string of the molecule is CCCC(=O)N1CCN(CC(=O)c2ccc(OC)cc2)CC1. The largest absolute Gasteiger partial charge is 0.497 e. The zero-order valence-corrected chi connectivity index (χ0v) is 13.4. The quantitative estimate of drug-likeness (QED) is 0.752. The third-order valence-electron chi connectivity index (χ3n) is 3.97. The third-order valence-corrected chi connectivity index (χ3v) is 3.97. The highest BCUT2D eigenvalue weighted by atomic mass is 16.5. The predicted octanol–water partition coefficient (Wildman–Crippen LogP) is 1.82. The Labute approximate surface area is 131 Å². The number of methoxy groups -OCH3 is 1. The molecule has 5 heteroatoms. The first-order chi connectivity index (χ1) is 10.6. The lowest BCUT2D eigenvalue weighted by Crippen LogP contribution is -2.49. The van der Waals surface area contributed by atoms with E-state index in [9.17, 15) is 9.59 Å². The molecule has 120 valence electrons. The topological polar surface area (TPSA) is 49.9 Å². The summed E-state index contributed by atoms with van der Waals surface area (Å²) in [6.07, 6.45) is 1.50. The van der Waals surface area contributed by atoms with Gasteiger partial charge in [-0.05, 0) is 30.7 Å². The number of Topliss-reactive ketones (excluding diaryl/α,β-unsaturated/α-hetero) is 1. The number of ketones is 1. The van der Waals surface area contributed by atoms with Crippen molar-refractivity contribution in [1.29, 1.82) is 0 Å². The van der Waals surface area contributed by atoms with Crippen molar-refractivity contribution < 1.29 is 14.3 Å². The first kappa shape index (κ1) is 16.5. The second kappa shape index (κ2) is 7.94. The summed E-state index contributed by atoms with van der Waals surface area (Å²) in [5.74, 6) is 1.08. The molecule has 1 fully saturated rings. The summed E-state index contributed by atoms with van der Waals surface area (Å²) in [5.41, 5.74) is 0.699. The monoisotopic (exact) mass is 304 g/mol. The Hall–Kier alpha value is -1.88. The van der Waals surface area contributed by atoms with Crippen molar-refractivity contribution in [2.24, 2.45) is 0 Å². The molecule has 1 aromatic rings. The van der Waals surface area contributed by atoms with Crippen LogP contribution in [-0.4, -0.2) is 61.3 Å². The number of carbonyl (C=O) groups is 2. The van der Waals surface area contributed by atoms with Crippen molar-refractivity contribution in [1.82, 2.24) is 9.80 Å². The van der Waals surface area contributed by atoms with Crippen LogP contribution in [0.1, 0.15) is 30.1 Å². The van der Waals surface area contributed by atoms with E-state index < -0.39 is 0 Å². The van der Waals surface area contributed by atoms with Crippen molar-refractivity contribution in [2.45, 2.75) is 19.8 Å². The minimum absolute atomic E-state index is 0.107. The van der Waals surface area contributed by atoms with E-state index in [0.29, 0.717) is 31.6 Å². The van der Waals surface area contributed by atoms with Crippen molar-refractivity contribution >= 4 is 11.7 Å². The highest BCUT2D eigenvalue weighted by Gasteiger charge is 2.22. The zero-order valence-electron chi connectivity index (χ0n) is 13.4. The van der Waals surface area contributed by atoms with Gasteiger partial charge in [-0.2, -0.15) is 0 Å². The van der Waals surface area contributed by atoms with Crippen LogP contribution >= 0.6 is 0 Å². The lowest BCUT2D eigenvalue weighted by atomic mass is 10.1. The summed E-state index contributed by atoms with van der Waals surface area (Å²) in [6.45, 7) is 5.38. The Kier molecular flexibility index (Phi) is 5.95. The smallest absolute Gasteiger partial charge is 0.222 e. The molecule has 1 aliphatic rings. The van der Waals surface area contributed by atoms with Crippen LogP contribution in [0, 0.1) is 0 Å². The van der Waals surface area contributed by atoms with Crippen molar-refractivity contribution in [3.63, 3.8) is 0 Å². The third kappa shape index (κ3) is 4.31. The second-order valence-electron chi connectivity index (χ2n) is 5.56. The highest BCUT2D eigenvalue weighted by molar-refractivity contribution is 5.97. The molecule has 0 saturated carbocycles. The van der Waals surface area contributed by atoms with E-state index in [-0.39, 0.29) is 11.7 Å². The van der Waals surface area contributed by atoms with E-state index in [1.165, 1.54) is 0 Å². The van der Waals surface area contributed by atoms with E-state index in [2.05, 4.69) is 4.90 Å². The molecule has 1 aromatic carbocycles. The first-order valence-corrected chi connectivity index (χ1v) is 7.81. The number of hydrogen-bond donors (Lipinski definition) is 0. The van der Waals surface area contributed by atoms with Gasteiger partial charge in [-0.25, -0.2) is 0 Å². The van der Waals surface area contributed by atoms with E-state index in [0.717, 1.165) is 25.3 Å². The van der Waals surface area contributed by atoms with Crippen LogP contribution in [0.15, 0.2) is 24.3 Å². The van der Waals surface area contributed by atoms with Crippen molar-refractivity contribution in [2.75, 3.05) is 39.8 Å². The summed E-state index contributed by atoms with van der Waals surface area (Å²) in [6, 6.07) is 7.19. The van der Waals surface area contributed by atoms with Gasteiger partial charge in [0.2, 0.25) is 5.91 Å². The molecule has 0 bridgehead atoms. The fourth-order valence-electron chi connectivity index (χ4n) is 2.60. The number of hydrogen-bond acceptors (Lipinski definition) is 4. The fourth-order valence-corrected chi connectivity index (χ4v) is 2.60. The number of rotatable bonds is 6. The number of piperazine rings is 1. The zero-order chi connectivity index (χ0) is 15.9. The predicted molar refractivity (Wildman–Crippen MR) is 85.3 cm³/mol. The normalized spacial score (nSPS) is 15.6. The van der Waals surface area contributed by atoms with Gasteiger partial charge in [0.05, 0.1) is 13.7 Å². The molecule has 5 nitrogen and oxygen atoms in total. The van der Waals surface area contributed by atoms with Crippen molar-refractivity contribution in [3.05, 3.63) is 29.8 Å². The summed E-state index contributed by atoms with van der Waals surface area (Å²) in [7, 11) is 1.61. The van der Waals surface area contributed by atoms with Crippen LogP contribution in [0.3, 0.4) is 0 Å². The summed E-state index contributed by atoms with van der Waals surface area (Å²) in [4.78, 5) is 28.1. The molecule has 0 atom stereocenters. The van der Waals surface area contributed by atoms with Crippen LogP contribution in [0.4, 0.5) is 0 Å². The molecule has 1 saturated heterocycles. The Balaban J connectivity index is 1.82. The first-order valence-electron chi connectivity index (χ1n) is 7.81. The van der Waals surface area contributed by atoms with Crippen LogP contribution in [0.2, 0.25) is 0 Å². The standard InChI is InChI=1S/C17H24N2O3/c1-3-4-17(21)19-11-9-18(10-12-19)13-16(20)14-5-7-15(22-2)8-6-14/h5-8H,3-4,9-13H2,1-2H3. The average Bonchev–Trinajstić information content (AvgIpc) is 2.55. The van der Waals surface area contributed by atoms with Crippen LogP contribution in [-0.2, 0) is 4.79 Å². The number of benzene rings is 1. The maximum Gasteiger partial charge on any atom is 0.222 e. The molecular formula is C17H24N2O3. The minimum Gasteiger partial charge on any atom is -0.497 e. The molecular weight excluding hydrogens is 280 g/mol. The van der Waals surface area contributed by atoms with Gasteiger partial charge < -0.3 is 9.64 Å². The van der Waals surface area contributed by atoms with Crippen LogP contribution in [0.25, 0.3) is 0 Å². The number of ether oxygens (including phenoxy) is 1. The molecule has 0 spiro atoms. The van der Waals surface area contributed by atoms with E-state index in [4.69, 9.17) is 4.74 Å². The van der Waals surface area contributed by atoms with Gasteiger partial charge in [0.25, 0.3) is 0 Å². The summed E-state index contributed by atoms with van der Waals surface area (Å²) >= 11 is 0. The number of carbonyl (C=O) groups excluding carboxylic acids is 2. The Bertz CT molecular complexity index is 505. The summed E-state index contributed by atoms with van der Waals surface area (Å²) < 4.78 is 5.09. The maximum atomic E-state index is 12.3. The molecule has 22 heavy (non-hydrogen) atoms. The molecule has 0 aliphatic carbocycles. The van der Waals surface area contributed by atoms with Crippen LogP contribution < -0.4 is 4.74 Å². The molecule has 1 amide bonds. The van der Waals surface area contributed by atoms with Gasteiger partial charge >= 0.3 is 0 Å².